The SMILES string of the molecule is NC(=O)CCCC[C@@H]1CCSS1.O=S(=O)(O)O. The molecule has 1 rings (SSSR count). The van der Waals surface area contributed by atoms with Crippen LogP contribution >= 0.6 is 21.6 Å². The molecule has 1 aliphatic heterocycles. The molecule has 17 heavy (non-hydrogen) atoms. The van der Waals surface area contributed by atoms with E-state index in [-0.39, 0.29) is 5.91 Å². The summed E-state index contributed by atoms with van der Waals surface area (Å²) >= 11 is 0. The zero-order valence-corrected chi connectivity index (χ0v) is 11.7. The Hall–Kier alpha value is 0.0400. The molecule has 9 heteroatoms. The van der Waals surface area contributed by atoms with Gasteiger partial charge in [0, 0.05) is 17.4 Å². The summed E-state index contributed by atoms with van der Waals surface area (Å²) in [6.07, 6.45) is 5.28. The molecule has 1 atom stereocenters. The van der Waals surface area contributed by atoms with Crippen LogP contribution in [0.15, 0.2) is 0 Å². The first-order valence-electron chi connectivity index (χ1n) is 5.05. The van der Waals surface area contributed by atoms with Crippen LogP contribution in [0.25, 0.3) is 0 Å². The zero-order valence-electron chi connectivity index (χ0n) is 9.24. The second kappa shape index (κ2) is 9.03. The molecule has 6 nitrogen and oxygen atoms in total. The van der Waals surface area contributed by atoms with Crippen molar-refractivity contribution in [2.45, 2.75) is 37.4 Å². The Balaban J connectivity index is 0.000000437. The van der Waals surface area contributed by atoms with Gasteiger partial charge in [0.1, 0.15) is 0 Å². The highest BCUT2D eigenvalue weighted by molar-refractivity contribution is 8.77. The fourth-order valence-corrected chi connectivity index (χ4v) is 4.26. The zero-order chi connectivity index (χ0) is 13.3. The van der Waals surface area contributed by atoms with Gasteiger partial charge in [0.25, 0.3) is 0 Å². The smallest absolute Gasteiger partial charge is 0.370 e. The number of hydrogen-bond donors (Lipinski definition) is 3. The largest absolute Gasteiger partial charge is 0.394 e. The van der Waals surface area contributed by atoms with Gasteiger partial charge in [-0.05, 0) is 19.3 Å². The van der Waals surface area contributed by atoms with Crippen LogP contribution in [0.5, 0.6) is 0 Å². The summed E-state index contributed by atoms with van der Waals surface area (Å²) in [6, 6.07) is 0. The number of carbonyl (C=O) groups excluding carboxylic acids is 1. The predicted octanol–water partition coefficient (Wildman–Crippen LogP) is 1.53. The van der Waals surface area contributed by atoms with Crippen LogP contribution in [-0.2, 0) is 15.2 Å². The molecule has 1 saturated heterocycles. The Morgan fingerprint density at radius 2 is 1.94 bits per heavy atom. The standard InChI is InChI=1S/C8H15NOS2.H2O4S/c9-8(10)4-2-1-3-7-5-6-11-12-7;1-5(2,3)4/h7H,1-6H2,(H2,9,10);(H2,1,2,3,4)/t7-;/m1./s1. The second-order valence-electron chi connectivity index (χ2n) is 3.49. The molecule has 0 bridgehead atoms. The molecule has 102 valence electrons. The van der Waals surface area contributed by atoms with Gasteiger partial charge in [-0.1, -0.05) is 28.0 Å². The molecule has 1 heterocycles. The number of amides is 1. The van der Waals surface area contributed by atoms with Gasteiger partial charge in [-0.3, -0.25) is 13.9 Å². The Labute approximate surface area is 109 Å². The lowest BCUT2D eigenvalue weighted by Crippen LogP contribution is -2.10. The molecule has 0 saturated carbocycles. The maximum atomic E-state index is 10.4. The van der Waals surface area contributed by atoms with Crippen LogP contribution in [0.4, 0.5) is 0 Å². The topological polar surface area (TPSA) is 118 Å². The van der Waals surface area contributed by atoms with E-state index in [9.17, 15) is 4.79 Å². The Morgan fingerprint density at radius 3 is 2.35 bits per heavy atom. The predicted molar refractivity (Wildman–Crippen MR) is 70.3 cm³/mol. The average molecular weight is 303 g/mol. The van der Waals surface area contributed by atoms with Crippen molar-refractivity contribution >= 4 is 37.9 Å². The molecule has 0 unspecified atom stereocenters. The molecule has 1 aliphatic rings. The van der Waals surface area contributed by atoms with E-state index in [1.807, 2.05) is 21.6 Å². The van der Waals surface area contributed by atoms with Gasteiger partial charge in [0.15, 0.2) is 0 Å². The van der Waals surface area contributed by atoms with Gasteiger partial charge >= 0.3 is 10.4 Å². The van der Waals surface area contributed by atoms with Gasteiger partial charge in [0.05, 0.1) is 0 Å². The van der Waals surface area contributed by atoms with Gasteiger partial charge in [0.2, 0.25) is 5.91 Å². The quantitative estimate of drug-likeness (QED) is 0.400. The minimum atomic E-state index is -4.67. The lowest BCUT2D eigenvalue weighted by atomic mass is 10.1. The number of carbonyl (C=O) groups is 1. The van der Waals surface area contributed by atoms with Gasteiger partial charge in [-0.25, -0.2) is 0 Å². The summed E-state index contributed by atoms with van der Waals surface area (Å²) in [5.74, 6) is 1.13. The van der Waals surface area contributed by atoms with Crippen molar-refractivity contribution < 1.29 is 22.3 Å². The Morgan fingerprint density at radius 1 is 1.35 bits per heavy atom. The summed E-state index contributed by atoms with van der Waals surface area (Å²) in [5.41, 5.74) is 5.04. The average Bonchev–Trinajstić information content (AvgIpc) is 2.61. The summed E-state index contributed by atoms with van der Waals surface area (Å²) in [5, 5.41) is 0.836. The Bertz CT molecular complexity index is 305. The molecule has 1 fully saturated rings. The van der Waals surface area contributed by atoms with E-state index < -0.39 is 10.4 Å². The molecule has 0 aliphatic carbocycles. The number of rotatable bonds is 5. The van der Waals surface area contributed by atoms with Crippen LogP contribution < -0.4 is 5.73 Å². The maximum Gasteiger partial charge on any atom is 0.394 e. The number of nitrogens with two attached hydrogens (primary N) is 1. The highest BCUT2D eigenvalue weighted by Gasteiger charge is 2.15. The van der Waals surface area contributed by atoms with Crippen molar-refractivity contribution in [3.63, 3.8) is 0 Å². The third-order valence-electron chi connectivity index (χ3n) is 1.93. The number of primary amides is 1. The van der Waals surface area contributed by atoms with E-state index in [4.69, 9.17) is 23.3 Å². The van der Waals surface area contributed by atoms with Crippen molar-refractivity contribution in [3.05, 3.63) is 0 Å². The van der Waals surface area contributed by atoms with Crippen molar-refractivity contribution in [1.29, 1.82) is 0 Å². The van der Waals surface area contributed by atoms with Gasteiger partial charge in [-0.15, -0.1) is 0 Å². The van der Waals surface area contributed by atoms with Crippen LogP contribution in [0.1, 0.15) is 32.1 Å². The molecule has 0 radical (unpaired) electrons. The van der Waals surface area contributed by atoms with Crippen molar-refractivity contribution in [2.24, 2.45) is 5.73 Å². The van der Waals surface area contributed by atoms with E-state index in [0.717, 1.165) is 18.1 Å². The number of unbranched alkanes of at least 4 members (excludes halogenated alkanes) is 1. The van der Waals surface area contributed by atoms with Gasteiger partial charge in [-0.2, -0.15) is 8.42 Å². The third-order valence-corrected chi connectivity index (χ3v) is 4.93. The molecule has 0 aromatic heterocycles. The van der Waals surface area contributed by atoms with Crippen LogP contribution in [-0.4, -0.2) is 34.4 Å². The first kappa shape index (κ1) is 17.0. The molecular weight excluding hydrogens is 286 g/mol. The lowest BCUT2D eigenvalue weighted by molar-refractivity contribution is -0.118. The molecule has 0 aromatic rings. The minimum Gasteiger partial charge on any atom is -0.370 e. The monoisotopic (exact) mass is 303 g/mol. The molecule has 0 spiro atoms. The van der Waals surface area contributed by atoms with E-state index in [1.165, 1.54) is 18.6 Å². The summed E-state index contributed by atoms with van der Waals surface area (Å²) < 4.78 is 31.6. The van der Waals surface area contributed by atoms with E-state index in [1.54, 1.807) is 0 Å². The first-order chi connectivity index (χ1) is 7.79. The lowest BCUT2D eigenvalue weighted by Gasteiger charge is -2.05. The number of hydrogen-bond acceptors (Lipinski definition) is 5. The van der Waals surface area contributed by atoms with E-state index >= 15 is 0 Å². The highest BCUT2D eigenvalue weighted by atomic mass is 33.1. The second-order valence-corrected chi connectivity index (χ2v) is 7.17. The molecule has 0 aromatic carbocycles. The molecule has 1 amide bonds. The van der Waals surface area contributed by atoms with Crippen molar-refractivity contribution in [2.75, 3.05) is 5.75 Å². The van der Waals surface area contributed by atoms with Crippen LogP contribution in [0.2, 0.25) is 0 Å². The normalized spacial score (nSPS) is 19.5. The summed E-state index contributed by atoms with van der Waals surface area (Å²) in [7, 11) is -0.693. The van der Waals surface area contributed by atoms with Crippen molar-refractivity contribution in [1.82, 2.24) is 0 Å². The van der Waals surface area contributed by atoms with Crippen LogP contribution in [0, 0.1) is 0 Å². The van der Waals surface area contributed by atoms with E-state index in [0.29, 0.717) is 6.42 Å². The fraction of sp³-hybridized carbons (Fsp3) is 0.875. The third kappa shape index (κ3) is 16.0. The van der Waals surface area contributed by atoms with Gasteiger partial charge < -0.3 is 5.73 Å². The summed E-state index contributed by atoms with van der Waals surface area (Å²) in [6.45, 7) is 0. The summed E-state index contributed by atoms with van der Waals surface area (Å²) in [4.78, 5) is 10.4. The first-order valence-corrected chi connectivity index (χ1v) is 8.83. The fourth-order valence-electron chi connectivity index (χ4n) is 1.24. The van der Waals surface area contributed by atoms with Crippen molar-refractivity contribution in [3.8, 4) is 0 Å². The molecule has 4 N–H and O–H groups in total. The minimum absolute atomic E-state index is 0.163. The van der Waals surface area contributed by atoms with E-state index in [2.05, 4.69) is 0 Å². The Kier molecular flexibility index (Phi) is 9.06. The van der Waals surface area contributed by atoms with Crippen LogP contribution in [0.3, 0.4) is 0 Å². The molecular formula is C8H17NO5S3. The highest BCUT2D eigenvalue weighted by Crippen LogP contribution is 2.39. The maximum absolute atomic E-state index is 10.4.